The first-order valence-electron chi connectivity index (χ1n) is 10.4. The molecule has 34 heavy (non-hydrogen) atoms. The maximum absolute atomic E-state index is 12.6. The Hall–Kier alpha value is -3.89. The van der Waals surface area contributed by atoms with Crippen LogP contribution in [0.1, 0.15) is 11.1 Å². The van der Waals surface area contributed by atoms with Crippen molar-refractivity contribution in [3.8, 4) is 5.75 Å². The Kier molecular flexibility index (Phi) is 6.80. The van der Waals surface area contributed by atoms with E-state index in [0.717, 1.165) is 11.1 Å². The number of rotatable bonds is 8. The van der Waals surface area contributed by atoms with Gasteiger partial charge in [-0.2, -0.15) is 10.1 Å². The summed E-state index contributed by atoms with van der Waals surface area (Å²) in [5.74, 6) is 0.838. The van der Waals surface area contributed by atoms with Crippen molar-refractivity contribution in [3.05, 3.63) is 85.5 Å². The van der Waals surface area contributed by atoms with E-state index in [4.69, 9.17) is 16.3 Å². The van der Waals surface area contributed by atoms with Crippen molar-refractivity contribution in [2.24, 2.45) is 12.1 Å². The number of aromatic nitrogens is 4. The Bertz CT molecular complexity index is 1460. The number of fused-ring (bicyclic) bond motifs is 1. The number of aryl methyl sites for hydroxylation is 2. The number of hydrazone groups is 1. The third-order valence-corrected chi connectivity index (χ3v) is 5.43. The fraction of sp³-hybridized carbons (Fsp3) is 0.217. The number of nitrogens with one attached hydrogen (secondary N) is 2. The normalized spacial score (nSPS) is 12.4. The van der Waals surface area contributed by atoms with Gasteiger partial charge in [0.05, 0.1) is 12.8 Å². The summed E-state index contributed by atoms with van der Waals surface area (Å²) in [6.07, 6.45) is 0.579. The molecule has 1 atom stereocenters. The van der Waals surface area contributed by atoms with Crippen LogP contribution in [-0.4, -0.2) is 43.1 Å². The van der Waals surface area contributed by atoms with Crippen LogP contribution in [0.2, 0.25) is 5.02 Å². The number of nitrogens with zero attached hydrogens (tertiary/aromatic N) is 4. The quantitative estimate of drug-likeness (QED) is 0.261. The molecule has 0 aliphatic heterocycles. The Morgan fingerprint density at radius 3 is 2.71 bits per heavy atom. The molecule has 2 aromatic heterocycles. The zero-order valence-corrected chi connectivity index (χ0v) is 19.3. The van der Waals surface area contributed by atoms with Gasteiger partial charge in [-0.05, 0) is 36.2 Å². The van der Waals surface area contributed by atoms with Crippen molar-refractivity contribution in [1.82, 2.24) is 19.1 Å². The predicted octanol–water partition coefficient (Wildman–Crippen LogP) is 2.27. The number of hydrogen-bond donors (Lipinski definition) is 3. The third-order valence-electron chi connectivity index (χ3n) is 5.17. The molecule has 0 amide bonds. The summed E-state index contributed by atoms with van der Waals surface area (Å²) in [5.41, 5.74) is 3.59. The highest BCUT2D eigenvalue weighted by Crippen LogP contribution is 2.19. The molecular weight excluding hydrogens is 460 g/mol. The van der Waals surface area contributed by atoms with Gasteiger partial charge in [0.2, 0.25) is 5.95 Å². The van der Waals surface area contributed by atoms with Crippen molar-refractivity contribution in [2.45, 2.75) is 19.6 Å². The molecule has 0 bridgehead atoms. The molecule has 11 heteroatoms. The van der Waals surface area contributed by atoms with Gasteiger partial charge in [-0.15, -0.1) is 0 Å². The Morgan fingerprint density at radius 1 is 1.24 bits per heavy atom. The average Bonchev–Trinajstić information content (AvgIpc) is 3.17. The van der Waals surface area contributed by atoms with E-state index in [2.05, 4.69) is 20.5 Å². The first-order chi connectivity index (χ1) is 16.3. The highest BCUT2D eigenvalue weighted by Gasteiger charge is 2.20. The number of H-pyrrole nitrogens is 1. The van der Waals surface area contributed by atoms with Crippen molar-refractivity contribution in [3.63, 3.8) is 0 Å². The van der Waals surface area contributed by atoms with Gasteiger partial charge in [0.1, 0.15) is 18.5 Å². The number of benzene rings is 2. The lowest BCUT2D eigenvalue weighted by Crippen LogP contribution is -2.30. The van der Waals surface area contributed by atoms with E-state index in [1.807, 2.05) is 31.2 Å². The van der Waals surface area contributed by atoms with Crippen LogP contribution in [0.4, 0.5) is 5.95 Å². The molecule has 2 aromatic carbocycles. The first kappa shape index (κ1) is 23.3. The summed E-state index contributed by atoms with van der Waals surface area (Å²) in [5, 5.41) is 15.5. The van der Waals surface area contributed by atoms with Crippen molar-refractivity contribution in [1.29, 1.82) is 0 Å². The Labute approximate surface area is 199 Å². The lowest BCUT2D eigenvalue weighted by Gasteiger charge is -2.16. The predicted molar refractivity (Wildman–Crippen MR) is 131 cm³/mol. The van der Waals surface area contributed by atoms with E-state index in [1.165, 1.54) is 16.2 Å². The maximum atomic E-state index is 12.6. The van der Waals surface area contributed by atoms with Crippen LogP contribution < -0.4 is 21.4 Å². The number of anilines is 1. The van der Waals surface area contributed by atoms with Gasteiger partial charge in [0.15, 0.2) is 11.2 Å². The van der Waals surface area contributed by atoms with Gasteiger partial charge in [0.25, 0.3) is 5.56 Å². The molecule has 0 fully saturated rings. The lowest BCUT2D eigenvalue weighted by molar-refractivity contribution is 0.0935. The fourth-order valence-corrected chi connectivity index (χ4v) is 3.50. The van der Waals surface area contributed by atoms with E-state index in [9.17, 15) is 14.7 Å². The van der Waals surface area contributed by atoms with E-state index in [0.29, 0.717) is 10.8 Å². The molecule has 0 saturated heterocycles. The van der Waals surface area contributed by atoms with Crippen LogP contribution in [0.5, 0.6) is 5.75 Å². The van der Waals surface area contributed by atoms with Crippen molar-refractivity contribution in [2.75, 3.05) is 12.0 Å². The summed E-state index contributed by atoms with van der Waals surface area (Å²) in [6, 6.07) is 14.5. The van der Waals surface area contributed by atoms with Crippen molar-refractivity contribution < 1.29 is 9.84 Å². The monoisotopic (exact) mass is 482 g/mol. The molecular formula is C23H23ClN6O4. The molecule has 1 unspecified atom stereocenters. The van der Waals surface area contributed by atoms with Crippen LogP contribution in [0.15, 0.2) is 63.2 Å². The van der Waals surface area contributed by atoms with E-state index >= 15 is 0 Å². The van der Waals surface area contributed by atoms with Crippen molar-refractivity contribution >= 4 is 34.9 Å². The minimum absolute atomic E-state index is 0.0122. The summed E-state index contributed by atoms with van der Waals surface area (Å²) in [7, 11) is 1.50. The topological polar surface area (TPSA) is 127 Å². The Morgan fingerprint density at radius 2 is 1.97 bits per heavy atom. The first-order valence-corrected chi connectivity index (χ1v) is 10.8. The summed E-state index contributed by atoms with van der Waals surface area (Å²) in [4.78, 5) is 31.3. The number of para-hydroxylation sites is 1. The third kappa shape index (κ3) is 5.03. The zero-order valence-electron chi connectivity index (χ0n) is 18.5. The lowest BCUT2D eigenvalue weighted by atomic mass is 10.2. The van der Waals surface area contributed by atoms with Crippen LogP contribution in [0.25, 0.3) is 11.2 Å². The number of ether oxygens (including phenoxy) is 1. The molecule has 4 aromatic rings. The molecule has 4 rings (SSSR count). The summed E-state index contributed by atoms with van der Waals surface area (Å²) < 4.78 is 8.43. The molecule has 176 valence electrons. The van der Waals surface area contributed by atoms with Crippen LogP contribution in [0, 0.1) is 6.92 Å². The largest absolute Gasteiger partial charge is 0.491 e. The standard InChI is InChI=1S/C23H23ClN6O4/c1-14-5-3-4-6-18(14)34-13-17(31)12-30-19-20(29(2)23(33)27-21(19)32)26-22(30)28-25-11-15-7-9-16(24)10-8-15/h3-11,17,31H,12-13H2,1-2H3,(H,26,28)(H,27,32,33). The minimum Gasteiger partial charge on any atom is -0.491 e. The summed E-state index contributed by atoms with van der Waals surface area (Å²) in [6.45, 7) is 1.87. The molecule has 0 radical (unpaired) electrons. The average molecular weight is 483 g/mol. The fourth-order valence-electron chi connectivity index (χ4n) is 3.38. The second-order valence-corrected chi connectivity index (χ2v) is 8.12. The van der Waals surface area contributed by atoms with E-state index < -0.39 is 17.4 Å². The smallest absolute Gasteiger partial charge is 0.329 e. The number of imidazole rings is 1. The number of aliphatic hydroxyl groups is 1. The highest BCUT2D eigenvalue weighted by atomic mass is 35.5. The van der Waals surface area contributed by atoms with Crippen LogP contribution in [-0.2, 0) is 13.6 Å². The molecule has 0 saturated carbocycles. The molecule has 0 aliphatic rings. The van der Waals surface area contributed by atoms with Gasteiger partial charge in [-0.1, -0.05) is 41.9 Å². The van der Waals surface area contributed by atoms with Gasteiger partial charge < -0.3 is 14.4 Å². The maximum Gasteiger partial charge on any atom is 0.329 e. The van der Waals surface area contributed by atoms with Gasteiger partial charge in [-0.25, -0.2) is 10.2 Å². The van der Waals surface area contributed by atoms with Crippen LogP contribution in [0.3, 0.4) is 0 Å². The number of hydrogen-bond acceptors (Lipinski definition) is 7. The Balaban J connectivity index is 1.62. The number of aromatic amines is 1. The van der Waals surface area contributed by atoms with Gasteiger partial charge >= 0.3 is 5.69 Å². The molecule has 0 spiro atoms. The molecule has 2 heterocycles. The second kappa shape index (κ2) is 9.94. The van der Waals surface area contributed by atoms with Crippen LogP contribution >= 0.6 is 11.6 Å². The SMILES string of the molecule is Cc1ccccc1OCC(O)Cn1c(NN=Cc2ccc(Cl)cc2)nc2c1c(=O)[nH]c(=O)n2C. The molecule has 10 nitrogen and oxygen atoms in total. The summed E-state index contributed by atoms with van der Waals surface area (Å²) >= 11 is 5.90. The number of aliphatic hydroxyl groups excluding tert-OH is 1. The zero-order chi connectivity index (χ0) is 24.2. The number of halogens is 1. The molecule has 3 N–H and O–H groups in total. The van der Waals surface area contributed by atoms with Gasteiger partial charge in [-0.3, -0.25) is 14.3 Å². The highest BCUT2D eigenvalue weighted by molar-refractivity contribution is 6.30. The molecule has 0 aliphatic carbocycles. The van der Waals surface area contributed by atoms with E-state index in [1.54, 1.807) is 30.5 Å². The second-order valence-electron chi connectivity index (χ2n) is 7.69. The van der Waals surface area contributed by atoms with Gasteiger partial charge in [0, 0.05) is 12.1 Å². The minimum atomic E-state index is -0.977. The van der Waals surface area contributed by atoms with E-state index in [-0.39, 0.29) is 30.3 Å².